The van der Waals surface area contributed by atoms with Crippen LogP contribution in [-0.4, -0.2) is 29.4 Å². The van der Waals surface area contributed by atoms with E-state index in [1.54, 1.807) is 23.1 Å². The van der Waals surface area contributed by atoms with Crippen LogP contribution in [0.1, 0.15) is 38.2 Å². The molecule has 114 valence electrons. The number of aryl methyl sites for hydroxylation is 1. The van der Waals surface area contributed by atoms with Gasteiger partial charge in [-0.15, -0.1) is 0 Å². The molecule has 1 aromatic rings. The molecule has 0 N–H and O–H groups in total. The van der Waals surface area contributed by atoms with Crippen molar-refractivity contribution in [3.63, 3.8) is 0 Å². The van der Waals surface area contributed by atoms with E-state index in [1.165, 1.54) is 0 Å². The van der Waals surface area contributed by atoms with E-state index < -0.39 is 6.04 Å². The predicted molar refractivity (Wildman–Crippen MR) is 81.5 cm³/mol. The van der Waals surface area contributed by atoms with Gasteiger partial charge in [-0.1, -0.05) is 18.5 Å². The standard InChI is InChI=1S/C16H20ClNO3/c1-3-15(19)18-9-5-4-6-13(18)16(20)21-14-8-7-12(17)10-11(14)2/h7-8,10,13H,3-6,9H2,1-2H3. The van der Waals surface area contributed by atoms with Gasteiger partial charge in [0.2, 0.25) is 5.91 Å². The molecule has 4 nitrogen and oxygen atoms in total. The molecule has 1 saturated heterocycles. The molecular formula is C16H20ClNO3. The molecule has 21 heavy (non-hydrogen) atoms. The van der Waals surface area contributed by atoms with Gasteiger partial charge >= 0.3 is 5.97 Å². The Morgan fingerprint density at radius 2 is 2.14 bits per heavy atom. The highest BCUT2D eigenvalue weighted by atomic mass is 35.5. The fraction of sp³-hybridized carbons (Fsp3) is 0.500. The zero-order valence-electron chi connectivity index (χ0n) is 12.4. The topological polar surface area (TPSA) is 46.6 Å². The molecule has 0 saturated carbocycles. The summed E-state index contributed by atoms with van der Waals surface area (Å²) < 4.78 is 5.47. The van der Waals surface area contributed by atoms with Gasteiger partial charge in [-0.25, -0.2) is 4.79 Å². The zero-order valence-corrected chi connectivity index (χ0v) is 13.2. The molecule has 1 aliphatic heterocycles. The largest absolute Gasteiger partial charge is 0.425 e. The van der Waals surface area contributed by atoms with Gasteiger partial charge in [-0.3, -0.25) is 4.79 Å². The van der Waals surface area contributed by atoms with Crippen LogP contribution in [0.25, 0.3) is 0 Å². The number of rotatable bonds is 3. The molecule has 0 bridgehead atoms. The lowest BCUT2D eigenvalue weighted by molar-refractivity contribution is -0.149. The Balaban J connectivity index is 2.12. The molecule has 0 radical (unpaired) electrons. The quantitative estimate of drug-likeness (QED) is 0.635. The van der Waals surface area contributed by atoms with Gasteiger partial charge in [0, 0.05) is 18.0 Å². The minimum atomic E-state index is -0.471. The van der Waals surface area contributed by atoms with Crippen LogP contribution in [-0.2, 0) is 9.59 Å². The van der Waals surface area contributed by atoms with E-state index in [0.717, 1.165) is 18.4 Å². The third-order valence-electron chi connectivity index (χ3n) is 3.75. The van der Waals surface area contributed by atoms with Crippen molar-refractivity contribution >= 4 is 23.5 Å². The summed E-state index contributed by atoms with van der Waals surface area (Å²) in [6.07, 6.45) is 2.95. The second kappa shape index (κ2) is 6.94. The number of hydrogen-bond acceptors (Lipinski definition) is 3. The summed E-state index contributed by atoms with van der Waals surface area (Å²) in [7, 11) is 0. The third-order valence-corrected chi connectivity index (χ3v) is 3.98. The van der Waals surface area contributed by atoms with Crippen molar-refractivity contribution in [3.8, 4) is 5.75 Å². The summed E-state index contributed by atoms with van der Waals surface area (Å²) in [4.78, 5) is 26.0. The number of amides is 1. The van der Waals surface area contributed by atoms with E-state index in [-0.39, 0.29) is 11.9 Å². The number of esters is 1. The molecule has 5 heteroatoms. The molecule has 1 heterocycles. The number of ether oxygens (including phenoxy) is 1. The molecule has 2 rings (SSSR count). The molecular weight excluding hydrogens is 290 g/mol. The van der Waals surface area contributed by atoms with Gasteiger partial charge in [0.1, 0.15) is 11.8 Å². The Morgan fingerprint density at radius 1 is 1.38 bits per heavy atom. The average Bonchev–Trinajstić information content (AvgIpc) is 2.49. The van der Waals surface area contributed by atoms with Crippen LogP contribution in [0.3, 0.4) is 0 Å². The maximum absolute atomic E-state index is 12.4. The van der Waals surface area contributed by atoms with Gasteiger partial charge < -0.3 is 9.64 Å². The fourth-order valence-corrected chi connectivity index (χ4v) is 2.81. The summed E-state index contributed by atoms with van der Waals surface area (Å²) in [6.45, 7) is 4.28. The molecule has 1 aromatic carbocycles. The van der Waals surface area contributed by atoms with Gasteiger partial charge in [0.05, 0.1) is 0 Å². The first-order valence-corrected chi connectivity index (χ1v) is 7.68. The predicted octanol–water partition coefficient (Wildman–Crippen LogP) is 3.34. The highest BCUT2D eigenvalue weighted by Gasteiger charge is 2.32. The van der Waals surface area contributed by atoms with Crippen molar-refractivity contribution in [3.05, 3.63) is 28.8 Å². The maximum Gasteiger partial charge on any atom is 0.334 e. The number of piperidine rings is 1. The van der Waals surface area contributed by atoms with E-state index >= 15 is 0 Å². The Labute approximate surface area is 130 Å². The minimum absolute atomic E-state index is 0.00415. The minimum Gasteiger partial charge on any atom is -0.425 e. The van der Waals surface area contributed by atoms with E-state index in [9.17, 15) is 9.59 Å². The lowest BCUT2D eigenvalue weighted by Crippen LogP contribution is -2.49. The van der Waals surface area contributed by atoms with Gasteiger partial charge in [-0.05, 0) is 49.9 Å². The molecule has 1 aliphatic rings. The Hall–Kier alpha value is -1.55. The van der Waals surface area contributed by atoms with Crippen LogP contribution in [0.15, 0.2) is 18.2 Å². The second-order valence-corrected chi connectivity index (χ2v) is 5.72. The Morgan fingerprint density at radius 3 is 2.81 bits per heavy atom. The highest BCUT2D eigenvalue weighted by Crippen LogP contribution is 2.25. The van der Waals surface area contributed by atoms with Crippen molar-refractivity contribution in [2.24, 2.45) is 0 Å². The summed E-state index contributed by atoms with van der Waals surface area (Å²) in [5, 5.41) is 0.604. The first kappa shape index (κ1) is 15.8. The lowest BCUT2D eigenvalue weighted by atomic mass is 10.0. The van der Waals surface area contributed by atoms with Crippen LogP contribution in [0.5, 0.6) is 5.75 Å². The van der Waals surface area contributed by atoms with E-state index in [1.807, 2.05) is 13.8 Å². The summed E-state index contributed by atoms with van der Waals surface area (Å²) in [5.41, 5.74) is 0.806. The first-order valence-electron chi connectivity index (χ1n) is 7.30. The second-order valence-electron chi connectivity index (χ2n) is 5.28. The monoisotopic (exact) mass is 309 g/mol. The number of carbonyl (C=O) groups excluding carboxylic acids is 2. The van der Waals surface area contributed by atoms with Crippen LogP contribution in [0, 0.1) is 6.92 Å². The molecule has 0 spiro atoms. The number of nitrogens with zero attached hydrogens (tertiary/aromatic N) is 1. The van der Waals surface area contributed by atoms with E-state index in [2.05, 4.69) is 0 Å². The Kier molecular flexibility index (Phi) is 5.23. The summed E-state index contributed by atoms with van der Waals surface area (Å²) in [6, 6.07) is 4.65. The summed E-state index contributed by atoms with van der Waals surface area (Å²) in [5.74, 6) is 0.144. The number of halogens is 1. The van der Waals surface area contributed by atoms with Crippen LogP contribution in [0.2, 0.25) is 5.02 Å². The number of benzene rings is 1. The van der Waals surface area contributed by atoms with Crippen molar-refractivity contribution < 1.29 is 14.3 Å². The SMILES string of the molecule is CCC(=O)N1CCCCC1C(=O)Oc1ccc(Cl)cc1C. The van der Waals surface area contributed by atoms with Crippen molar-refractivity contribution in [2.45, 2.75) is 45.6 Å². The summed E-state index contributed by atoms with van der Waals surface area (Å²) >= 11 is 5.89. The molecule has 0 aromatic heterocycles. The first-order chi connectivity index (χ1) is 10.0. The third kappa shape index (κ3) is 3.76. The van der Waals surface area contributed by atoms with Gasteiger partial charge in [-0.2, -0.15) is 0 Å². The smallest absolute Gasteiger partial charge is 0.334 e. The Bertz CT molecular complexity index is 544. The molecule has 0 aliphatic carbocycles. The normalized spacial score (nSPS) is 18.4. The van der Waals surface area contributed by atoms with Crippen molar-refractivity contribution in [2.75, 3.05) is 6.54 Å². The van der Waals surface area contributed by atoms with Crippen molar-refractivity contribution in [1.29, 1.82) is 0 Å². The number of carbonyl (C=O) groups is 2. The zero-order chi connectivity index (χ0) is 15.4. The highest BCUT2D eigenvalue weighted by molar-refractivity contribution is 6.30. The van der Waals surface area contributed by atoms with Gasteiger partial charge in [0.25, 0.3) is 0 Å². The molecule has 1 amide bonds. The maximum atomic E-state index is 12.4. The van der Waals surface area contributed by atoms with Crippen LogP contribution < -0.4 is 4.74 Å². The average molecular weight is 310 g/mol. The van der Waals surface area contributed by atoms with Crippen LogP contribution in [0.4, 0.5) is 0 Å². The molecule has 1 fully saturated rings. The van der Waals surface area contributed by atoms with Crippen LogP contribution >= 0.6 is 11.6 Å². The lowest BCUT2D eigenvalue weighted by Gasteiger charge is -2.33. The number of likely N-dealkylation sites (tertiary alicyclic amines) is 1. The molecule has 1 unspecified atom stereocenters. The van der Waals surface area contributed by atoms with E-state index in [4.69, 9.17) is 16.3 Å². The molecule has 1 atom stereocenters. The fourth-order valence-electron chi connectivity index (χ4n) is 2.58. The van der Waals surface area contributed by atoms with Crippen molar-refractivity contribution in [1.82, 2.24) is 4.90 Å². The van der Waals surface area contributed by atoms with Gasteiger partial charge in [0.15, 0.2) is 0 Å². The number of hydrogen-bond donors (Lipinski definition) is 0. The van der Waals surface area contributed by atoms with E-state index in [0.29, 0.717) is 30.2 Å².